The Hall–Kier alpha value is -3.74. The average Bonchev–Trinajstić information content (AvgIpc) is 3.50. The van der Waals surface area contributed by atoms with E-state index in [2.05, 4.69) is 9.97 Å². The summed E-state index contributed by atoms with van der Waals surface area (Å²) >= 11 is 0. The van der Waals surface area contributed by atoms with Crippen molar-refractivity contribution >= 4 is 16.8 Å². The number of hydrogen-bond acceptors (Lipinski definition) is 5. The van der Waals surface area contributed by atoms with Crippen molar-refractivity contribution in [2.24, 2.45) is 0 Å². The fraction of sp³-hybridized carbons (Fsp3) is 0.308. The van der Waals surface area contributed by atoms with Crippen LogP contribution in [0.15, 0.2) is 59.1 Å². The molecule has 0 unspecified atom stereocenters. The van der Waals surface area contributed by atoms with E-state index in [1.807, 2.05) is 53.4 Å². The largest absolute Gasteiger partial charge is 0.497 e. The van der Waals surface area contributed by atoms with Crippen molar-refractivity contribution in [3.05, 3.63) is 77.6 Å². The zero-order valence-corrected chi connectivity index (χ0v) is 18.8. The van der Waals surface area contributed by atoms with Gasteiger partial charge in [0.25, 0.3) is 5.91 Å². The third-order valence-corrected chi connectivity index (χ3v) is 6.19. The number of nitrogens with zero attached hydrogens (tertiary/aromatic N) is 2. The number of fused-ring (bicyclic) bond motifs is 1. The molecule has 7 heteroatoms. The third-order valence-electron chi connectivity index (χ3n) is 6.19. The quantitative estimate of drug-likeness (QED) is 0.445. The minimum absolute atomic E-state index is 0.0394. The van der Waals surface area contributed by atoms with Crippen molar-refractivity contribution < 1.29 is 18.7 Å². The van der Waals surface area contributed by atoms with Crippen molar-refractivity contribution in [2.75, 3.05) is 20.8 Å². The standard InChI is InChI=1S/C26H27N3O4/c1-31-19-7-5-6-17(12-19)13-21-16-27-25(33-21)24-8-3-4-11-29(24)26(30)23-15-18-14-20(32-2)9-10-22(18)28-23/h5-7,9-10,12,14-16,24,28H,3-4,8,11,13H2,1-2H3/t24-/m1/s1. The molecular weight excluding hydrogens is 418 g/mol. The normalized spacial score (nSPS) is 16.2. The van der Waals surface area contributed by atoms with E-state index in [-0.39, 0.29) is 11.9 Å². The summed E-state index contributed by atoms with van der Waals surface area (Å²) in [7, 11) is 3.29. The molecule has 33 heavy (non-hydrogen) atoms. The van der Waals surface area contributed by atoms with Crippen LogP contribution in [0.5, 0.6) is 11.5 Å². The molecule has 2 aromatic heterocycles. The van der Waals surface area contributed by atoms with E-state index in [1.165, 1.54) is 0 Å². The van der Waals surface area contributed by atoms with Crippen LogP contribution in [0.2, 0.25) is 0 Å². The molecular formula is C26H27N3O4. The summed E-state index contributed by atoms with van der Waals surface area (Å²) in [5.41, 5.74) is 2.56. The lowest BCUT2D eigenvalue weighted by atomic mass is 10.0. The molecule has 2 aromatic carbocycles. The number of likely N-dealkylation sites (tertiary alicyclic amines) is 1. The first kappa shape index (κ1) is 21.1. The number of aromatic amines is 1. The molecule has 1 saturated heterocycles. The summed E-state index contributed by atoms with van der Waals surface area (Å²) in [6.07, 6.45) is 5.22. The minimum atomic E-state index is -0.175. The number of H-pyrrole nitrogens is 1. The number of aromatic nitrogens is 2. The number of hydrogen-bond donors (Lipinski definition) is 1. The van der Waals surface area contributed by atoms with Gasteiger partial charge in [0, 0.05) is 23.9 Å². The van der Waals surface area contributed by atoms with Crippen LogP contribution in [0.4, 0.5) is 0 Å². The number of nitrogens with one attached hydrogen (secondary N) is 1. The van der Waals surface area contributed by atoms with Gasteiger partial charge < -0.3 is 23.8 Å². The van der Waals surface area contributed by atoms with Crippen molar-refractivity contribution in [1.82, 2.24) is 14.9 Å². The van der Waals surface area contributed by atoms with Crippen molar-refractivity contribution in [3.63, 3.8) is 0 Å². The highest BCUT2D eigenvalue weighted by atomic mass is 16.5. The number of amides is 1. The molecule has 5 rings (SSSR count). The van der Waals surface area contributed by atoms with E-state index in [0.717, 1.165) is 53.0 Å². The lowest BCUT2D eigenvalue weighted by Crippen LogP contribution is -2.38. The van der Waals surface area contributed by atoms with Crippen LogP contribution in [0, 0.1) is 0 Å². The first-order valence-corrected chi connectivity index (χ1v) is 11.2. The SMILES string of the molecule is COc1cccc(Cc2cnc([C@H]3CCCCN3C(=O)c3cc4cc(OC)ccc4[nH]3)o2)c1. The molecule has 1 aliphatic heterocycles. The van der Waals surface area contributed by atoms with Crippen LogP contribution in [0.3, 0.4) is 0 Å². The summed E-state index contributed by atoms with van der Waals surface area (Å²) < 4.78 is 16.7. The van der Waals surface area contributed by atoms with Gasteiger partial charge in [-0.1, -0.05) is 12.1 Å². The second-order valence-corrected chi connectivity index (χ2v) is 8.34. The van der Waals surface area contributed by atoms with E-state index in [0.29, 0.717) is 24.6 Å². The van der Waals surface area contributed by atoms with Gasteiger partial charge in [-0.15, -0.1) is 0 Å². The Balaban J connectivity index is 1.37. The Bertz CT molecular complexity index is 1280. The Morgan fingerprint density at radius 3 is 2.82 bits per heavy atom. The van der Waals surface area contributed by atoms with Crippen LogP contribution in [-0.4, -0.2) is 41.5 Å². The topological polar surface area (TPSA) is 80.6 Å². The van der Waals surface area contributed by atoms with Gasteiger partial charge in [0.1, 0.15) is 29.0 Å². The number of ether oxygens (including phenoxy) is 2. The van der Waals surface area contributed by atoms with Crippen LogP contribution in [0.1, 0.15) is 53.0 Å². The Morgan fingerprint density at radius 2 is 1.97 bits per heavy atom. The highest BCUT2D eigenvalue weighted by Crippen LogP contribution is 2.33. The van der Waals surface area contributed by atoms with E-state index in [4.69, 9.17) is 13.9 Å². The van der Waals surface area contributed by atoms with Gasteiger partial charge in [0.15, 0.2) is 0 Å². The van der Waals surface area contributed by atoms with Gasteiger partial charge >= 0.3 is 0 Å². The second-order valence-electron chi connectivity index (χ2n) is 8.34. The van der Waals surface area contributed by atoms with Gasteiger partial charge in [0.2, 0.25) is 5.89 Å². The molecule has 0 spiro atoms. The fourth-order valence-electron chi connectivity index (χ4n) is 4.48. The van der Waals surface area contributed by atoms with Gasteiger partial charge in [-0.3, -0.25) is 4.79 Å². The first-order valence-electron chi connectivity index (χ1n) is 11.2. The lowest BCUT2D eigenvalue weighted by molar-refractivity contribution is 0.0565. The summed E-state index contributed by atoms with van der Waals surface area (Å²) in [5, 5.41) is 0.947. The third kappa shape index (κ3) is 4.31. The first-order chi connectivity index (χ1) is 16.1. The highest BCUT2D eigenvalue weighted by molar-refractivity contribution is 5.98. The van der Waals surface area contributed by atoms with Gasteiger partial charge in [-0.2, -0.15) is 0 Å². The number of rotatable bonds is 6. The van der Waals surface area contributed by atoms with Crippen LogP contribution >= 0.6 is 0 Å². The molecule has 7 nitrogen and oxygen atoms in total. The molecule has 0 saturated carbocycles. The molecule has 1 N–H and O–H groups in total. The zero-order chi connectivity index (χ0) is 22.8. The number of methoxy groups -OCH3 is 2. The van der Waals surface area contributed by atoms with Crippen molar-refractivity contribution in [3.8, 4) is 11.5 Å². The number of carbonyl (C=O) groups excluding carboxylic acids is 1. The highest BCUT2D eigenvalue weighted by Gasteiger charge is 2.32. The Labute approximate surface area is 192 Å². The summed E-state index contributed by atoms with van der Waals surface area (Å²) in [6.45, 7) is 0.676. The van der Waals surface area contributed by atoms with E-state index in [1.54, 1.807) is 20.4 Å². The molecule has 4 aromatic rings. The Morgan fingerprint density at radius 1 is 1.12 bits per heavy atom. The summed E-state index contributed by atoms with van der Waals surface area (Å²) in [5.74, 6) is 2.90. The predicted octanol–water partition coefficient (Wildman–Crippen LogP) is 5.13. The van der Waals surface area contributed by atoms with Gasteiger partial charge in [-0.25, -0.2) is 4.98 Å². The van der Waals surface area contributed by atoms with Gasteiger partial charge in [0.05, 0.1) is 20.4 Å². The van der Waals surface area contributed by atoms with E-state index >= 15 is 0 Å². The summed E-state index contributed by atoms with van der Waals surface area (Å²) in [4.78, 5) is 23.1. The molecule has 0 aliphatic carbocycles. The number of benzene rings is 2. The van der Waals surface area contributed by atoms with Crippen LogP contribution < -0.4 is 9.47 Å². The molecule has 1 atom stereocenters. The average molecular weight is 446 g/mol. The lowest BCUT2D eigenvalue weighted by Gasteiger charge is -2.33. The van der Waals surface area contributed by atoms with E-state index in [9.17, 15) is 4.79 Å². The van der Waals surface area contributed by atoms with Crippen molar-refractivity contribution in [1.29, 1.82) is 0 Å². The smallest absolute Gasteiger partial charge is 0.270 e. The predicted molar refractivity (Wildman–Crippen MR) is 125 cm³/mol. The van der Waals surface area contributed by atoms with Crippen LogP contribution in [-0.2, 0) is 6.42 Å². The van der Waals surface area contributed by atoms with Crippen molar-refractivity contribution in [2.45, 2.75) is 31.7 Å². The summed E-state index contributed by atoms with van der Waals surface area (Å²) in [6, 6.07) is 15.3. The molecule has 1 aliphatic rings. The molecule has 0 radical (unpaired) electrons. The maximum Gasteiger partial charge on any atom is 0.270 e. The maximum atomic E-state index is 13.5. The monoisotopic (exact) mass is 445 g/mol. The molecule has 0 bridgehead atoms. The fourth-order valence-corrected chi connectivity index (χ4v) is 4.48. The minimum Gasteiger partial charge on any atom is -0.497 e. The maximum absolute atomic E-state index is 13.5. The molecule has 3 heterocycles. The Kier molecular flexibility index (Phi) is 5.77. The number of oxazole rings is 1. The second kappa shape index (κ2) is 9.02. The van der Waals surface area contributed by atoms with Crippen LogP contribution in [0.25, 0.3) is 10.9 Å². The number of piperidine rings is 1. The zero-order valence-electron chi connectivity index (χ0n) is 18.8. The van der Waals surface area contributed by atoms with E-state index < -0.39 is 0 Å². The molecule has 1 fully saturated rings. The molecule has 1 amide bonds. The number of carbonyl (C=O) groups is 1. The van der Waals surface area contributed by atoms with Gasteiger partial charge in [-0.05, 0) is 61.2 Å². The molecule has 170 valence electrons.